The molecule has 0 fully saturated rings. The predicted molar refractivity (Wildman–Crippen MR) is 110 cm³/mol. The Morgan fingerprint density at radius 3 is 1.85 bits per heavy atom. The van der Waals surface area contributed by atoms with Gasteiger partial charge in [-0.05, 0) is 50.2 Å². The smallest absolute Gasteiger partial charge is 0.350 e. The van der Waals surface area contributed by atoms with Crippen LogP contribution in [0.4, 0.5) is 26.3 Å². The largest absolute Gasteiger partial charge is 0.416 e. The summed E-state index contributed by atoms with van der Waals surface area (Å²) in [7, 11) is -8.58. The SMILES string of the molecule is CC(C)(CNC(=O)c1cc(C(F)(F)F)cc(S(C)(=O)=O)c1)S(=O)(=O)c1cccc(C(F)(F)F)c1. The molecule has 1 N–H and O–H groups in total. The normalized spacial score (nSPS) is 13.6. The van der Waals surface area contributed by atoms with E-state index in [1.54, 1.807) is 0 Å². The molecule has 0 saturated carbocycles. The quantitative estimate of drug-likeness (QED) is 0.566. The summed E-state index contributed by atoms with van der Waals surface area (Å²) < 4.78 is 126. The van der Waals surface area contributed by atoms with Gasteiger partial charge in [-0.1, -0.05) is 6.07 Å². The Balaban J connectivity index is 2.37. The summed E-state index contributed by atoms with van der Waals surface area (Å²) in [6.45, 7) is 1.52. The maximum atomic E-state index is 13.1. The van der Waals surface area contributed by atoms with E-state index in [1.807, 2.05) is 0 Å². The van der Waals surface area contributed by atoms with Crippen LogP contribution in [0.15, 0.2) is 52.3 Å². The van der Waals surface area contributed by atoms with Gasteiger partial charge in [-0.3, -0.25) is 4.79 Å². The fraction of sp³-hybridized carbons (Fsp3) is 0.350. The number of nitrogens with one attached hydrogen (secondary N) is 1. The monoisotopic (exact) mass is 531 g/mol. The number of benzene rings is 2. The molecule has 0 heterocycles. The molecule has 0 aliphatic rings. The van der Waals surface area contributed by atoms with Crippen molar-refractivity contribution < 1.29 is 48.0 Å². The van der Waals surface area contributed by atoms with Crippen molar-refractivity contribution >= 4 is 25.6 Å². The van der Waals surface area contributed by atoms with Crippen molar-refractivity contribution in [2.75, 3.05) is 12.8 Å². The highest BCUT2D eigenvalue weighted by atomic mass is 32.2. The molecule has 0 aliphatic heterocycles. The fourth-order valence-corrected chi connectivity index (χ4v) is 4.88. The van der Waals surface area contributed by atoms with E-state index in [0.29, 0.717) is 36.6 Å². The molecule has 2 aromatic rings. The highest BCUT2D eigenvalue weighted by molar-refractivity contribution is 7.92. The zero-order valence-electron chi connectivity index (χ0n) is 17.9. The van der Waals surface area contributed by atoms with Crippen molar-refractivity contribution in [2.45, 2.75) is 40.7 Å². The molecular formula is C20H19F6NO5S2. The first kappa shape index (κ1) is 27.6. The van der Waals surface area contributed by atoms with Gasteiger partial charge in [0.1, 0.15) is 0 Å². The Morgan fingerprint density at radius 2 is 1.35 bits per heavy atom. The zero-order chi connectivity index (χ0) is 26.3. The highest BCUT2D eigenvalue weighted by Gasteiger charge is 2.39. The molecule has 0 atom stereocenters. The first-order chi connectivity index (χ1) is 15.2. The van der Waals surface area contributed by atoms with Crippen LogP contribution >= 0.6 is 0 Å². The maximum Gasteiger partial charge on any atom is 0.416 e. The number of alkyl halides is 6. The lowest BCUT2D eigenvalue weighted by atomic mass is 10.1. The molecule has 0 saturated heterocycles. The Hall–Kier alpha value is -2.61. The second kappa shape index (κ2) is 8.87. The van der Waals surface area contributed by atoms with Crippen molar-refractivity contribution in [1.29, 1.82) is 0 Å². The van der Waals surface area contributed by atoms with Crippen LogP contribution in [0, 0.1) is 0 Å². The Morgan fingerprint density at radius 1 is 0.824 bits per heavy atom. The maximum absolute atomic E-state index is 13.1. The van der Waals surface area contributed by atoms with Gasteiger partial charge >= 0.3 is 12.4 Å². The van der Waals surface area contributed by atoms with E-state index in [0.717, 1.165) is 26.0 Å². The van der Waals surface area contributed by atoms with E-state index in [1.165, 1.54) is 0 Å². The minimum Gasteiger partial charge on any atom is -0.350 e. The number of carbonyl (C=O) groups is 1. The molecular weight excluding hydrogens is 512 g/mol. The Kier molecular flexibility index (Phi) is 7.21. The van der Waals surface area contributed by atoms with E-state index in [9.17, 15) is 48.0 Å². The minimum atomic E-state index is -4.97. The zero-order valence-corrected chi connectivity index (χ0v) is 19.5. The van der Waals surface area contributed by atoms with Crippen LogP contribution in [0.5, 0.6) is 0 Å². The summed E-state index contributed by atoms with van der Waals surface area (Å²) in [5.41, 5.74) is -3.30. The average Bonchev–Trinajstić information content (AvgIpc) is 2.69. The van der Waals surface area contributed by atoms with Gasteiger partial charge in [0.15, 0.2) is 19.7 Å². The summed E-state index contributed by atoms with van der Waals surface area (Å²) in [4.78, 5) is 11.0. The number of carbonyl (C=O) groups excluding carboxylic acids is 1. The summed E-state index contributed by atoms with van der Waals surface area (Å²) in [6, 6.07) is 4.42. The van der Waals surface area contributed by atoms with Gasteiger partial charge in [0.05, 0.1) is 25.7 Å². The van der Waals surface area contributed by atoms with Crippen LogP contribution in [0.3, 0.4) is 0 Å². The van der Waals surface area contributed by atoms with Crippen molar-refractivity contribution in [2.24, 2.45) is 0 Å². The number of amides is 1. The third-order valence-corrected chi connectivity index (χ3v) is 8.36. The van der Waals surface area contributed by atoms with Gasteiger partial charge in [-0.25, -0.2) is 16.8 Å². The third kappa shape index (κ3) is 6.09. The minimum absolute atomic E-state index is 0.355. The molecule has 14 heteroatoms. The van der Waals surface area contributed by atoms with Crippen LogP contribution in [0.2, 0.25) is 0 Å². The van der Waals surface area contributed by atoms with Gasteiger partial charge < -0.3 is 5.32 Å². The fourth-order valence-electron chi connectivity index (χ4n) is 2.76. The standard InChI is InChI=1S/C20H19F6NO5S2/c1-18(2,34(31,32)15-6-4-5-13(9-15)19(21,22)23)11-27-17(28)12-7-14(20(24,25)26)10-16(8-12)33(3,29)30/h4-10H,11H2,1-3H3,(H,27,28). The first-order valence-electron chi connectivity index (χ1n) is 9.29. The molecule has 2 rings (SSSR count). The lowest BCUT2D eigenvalue weighted by Crippen LogP contribution is -2.44. The van der Waals surface area contributed by atoms with Crippen molar-refractivity contribution in [3.05, 3.63) is 59.2 Å². The molecule has 0 aromatic heterocycles. The lowest BCUT2D eigenvalue weighted by molar-refractivity contribution is -0.138. The van der Waals surface area contributed by atoms with Crippen molar-refractivity contribution in [3.63, 3.8) is 0 Å². The van der Waals surface area contributed by atoms with Gasteiger partial charge in [0.25, 0.3) is 5.91 Å². The summed E-state index contributed by atoms with van der Waals surface area (Å²) in [6.07, 6.45) is -9.12. The third-order valence-electron chi connectivity index (χ3n) is 4.80. The summed E-state index contributed by atoms with van der Waals surface area (Å²) >= 11 is 0. The van der Waals surface area contributed by atoms with Gasteiger partial charge in [-0.15, -0.1) is 0 Å². The highest BCUT2D eigenvalue weighted by Crippen LogP contribution is 2.34. The molecule has 2 aromatic carbocycles. The number of hydrogen-bond donors (Lipinski definition) is 1. The van der Waals surface area contributed by atoms with Gasteiger partial charge in [0.2, 0.25) is 0 Å². The predicted octanol–water partition coefficient (Wildman–Crippen LogP) is 4.11. The van der Waals surface area contributed by atoms with E-state index < -0.39 is 75.7 Å². The van der Waals surface area contributed by atoms with Crippen LogP contribution in [-0.4, -0.2) is 40.3 Å². The van der Waals surface area contributed by atoms with E-state index >= 15 is 0 Å². The first-order valence-corrected chi connectivity index (χ1v) is 12.7. The number of rotatable bonds is 6. The van der Waals surface area contributed by atoms with E-state index in [-0.39, 0.29) is 0 Å². The molecule has 0 unspecified atom stereocenters. The van der Waals surface area contributed by atoms with Crippen LogP contribution < -0.4 is 5.32 Å². The Labute approximate surface area is 191 Å². The van der Waals surface area contributed by atoms with Crippen molar-refractivity contribution in [3.8, 4) is 0 Å². The molecule has 6 nitrogen and oxygen atoms in total. The van der Waals surface area contributed by atoms with Gasteiger partial charge in [0, 0.05) is 18.4 Å². The van der Waals surface area contributed by atoms with Crippen molar-refractivity contribution in [1.82, 2.24) is 5.32 Å². The van der Waals surface area contributed by atoms with E-state index in [4.69, 9.17) is 0 Å². The second-order valence-electron chi connectivity index (χ2n) is 7.99. The average molecular weight is 531 g/mol. The second-order valence-corrected chi connectivity index (χ2v) is 12.6. The van der Waals surface area contributed by atoms with Crippen LogP contribution in [0.1, 0.15) is 35.3 Å². The number of sulfone groups is 2. The lowest BCUT2D eigenvalue weighted by Gasteiger charge is -2.25. The molecule has 0 bridgehead atoms. The topological polar surface area (TPSA) is 97.4 Å². The Bertz CT molecular complexity index is 1310. The summed E-state index contributed by atoms with van der Waals surface area (Å²) in [5, 5.41) is 2.11. The molecule has 0 aliphatic carbocycles. The molecule has 34 heavy (non-hydrogen) atoms. The van der Waals surface area contributed by atoms with Gasteiger partial charge in [-0.2, -0.15) is 26.3 Å². The van der Waals surface area contributed by atoms with Crippen LogP contribution in [-0.2, 0) is 32.0 Å². The van der Waals surface area contributed by atoms with Crippen LogP contribution in [0.25, 0.3) is 0 Å². The molecule has 1 amide bonds. The van der Waals surface area contributed by atoms with E-state index in [2.05, 4.69) is 5.32 Å². The molecule has 188 valence electrons. The molecule has 0 radical (unpaired) electrons. The number of hydrogen-bond acceptors (Lipinski definition) is 5. The molecule has 0 spiro atoms. The summed E-state index contributed by atoms with van der Waals surface area (Å²) in [5.74, 6) is -1.21. The number of halogens is 6.